The molecule has 1 aliphatic rings. The number of hydrogen-bond donors (Lipinski definition) is 5. The van der Waals surface area contributed by atoms with Crippen LogP contribution in [0.25, 0.3) is 0 Å². The highest BCUT2D eigenvalue weighted by atomic mass is 16.5. The molecule has 184 valence electrons. The predicted molar refractivity (Wildman–Crippen MR) is 141 cm³/mol. The van der Waals surface area contributed by atoms with E-state index in [0.717, 1.165) is 31.4 Å². The Balaban J connectivity index is 1.64. The molecule has 0 atom stereocenters. The molecule has 0 unspecified atom stereocenters. The van der Waals surface area contributed by atoms with Gasteiger partial charge in [-0.3, -0.25) is 10.4 Å². The summed E-state index contributed by atoms with van der Waals surface area (Å²) < 4.78 is 5.84. The summed E-state index contributed by atoms with van der Waals surface area (Å²) in [5.41, 5.74) is 7.96. The number of amides is 2. The van der Waals surface area contributed by atoms with Crippen LogP contribution in [0.3, 0.4) is 0 Å². The van der Waals surface area contributed by atoms with Crippen molar-refractivity contribution in [3.63, 3.8) is 0 Å². The number of aliphatic imine (C=N–C) groups is 1. The molecule has 8 nitrogen and oxygen atoms in total. The number of allylic oxidation sites excluding steroid dienone is 1. The van der Waals surface area contributed by atoms with Crippen molar-refractivity contribution in [2.75, 3.05) is 13.1 Å². The second kappa shape index (κ2) is 13.0. The number of carbonyl (C=O) groups is 1. The number of amidine groups is 1. The van der Waals surface area contributed by atoms with Crippen molar-refractivity contribution in [1.82, 2.24) is 16.0 Å². The molecule has 3 rings (SSSR count). The lowest BCUT2D eigenvalue weighted by Gasteiger charge is -2.16. The Morgan fingerprint density at radius 2 is 1.80 bits per heavy atom. The Kier molecular flexibility index (Phi) is 9.48. The Bertz CT molecular complexity index is 1070. The van der Waals surface area contributed by atoms with Gasteiger partial charge in [0.1, 0.15) is 17.3 Å². The molecule has 2 amide bonds. The quantitative estimate of drug-likeness (QED) is 0.198. The normalized spacial score (nSPS) is 14.6. The Morgan fingerprint density at radius 3 is 2.43 bits per heavy atom. The third kappa shape index (κ3) is 7.74. The van der Waals surface area contributed by atoms with Crippen LogP contribution in [0, 0.1) is 5.41 Å². The number of nitrogens with zero attached hydrogens (tertiary/aromatic N) is 1. The number of nitrogens with one attached hydrogen (secondary N) is 4. The number of urea groups is 1. The van der Waals surface area contributed by atoms with Crippen LogP contribution in [-0.2, 0) is 0 Å². The van der Waals surface area contributed by atoms with Crippen molar-refractivity contribution in [2.45, 2.75) is 38.6 Å². The van der Waals surface area contributed by atoms with Gasteiger partial charge in [0, 0.05) is 23.8 Å². The zero-order valence-electron chi connectivity index (χ0n) is 20.1. The number of rotatable bonds is 10. The zero-order chi connectivity index (χ0) is 25.0. The first-order valence-corrected chi connectivity index (χ1v) is 11.8. The summed E-state index contributed by atoms with van der Waals surface area (Å²) in [7, 11) is 0. The average Bonchev–Trinajstić information content (AvgIpc) is 3.35. The van der Waals surface area contributed by atoms with E-state index in [0.29, 0.717) is 41.5 Å². The minimum atomic E-state index is -0.179. The van der Waals surface area contributed by atoms with E-state index < -0.39 is 0 Å². The first-order valence-electron chi connectivity index (χ1n) is 11.8. The van der Waals surface area contributed by atoms with Crippen molar-refractivity contribution in [1.29, 1.82) is 5.41 Å². The van der Waals surface area contributed by atoms with E-state index in [1.165, 1.54) is 6.20 Å². The number of benzene rings is 2. The SMILES string of the molecule is C=CNC(=NCCNC(=O)NC1CCCC1)/C(C(=N)c1ccc(Oc2ccccc2)cc1)=C(\C)N. The fourth-order valence-electron chi connectivity index (χ4n) is 3.90. The van der Waals surface area contributed by atoms with Crippen LogP contribution in [0.5, 0.6) is 11.5 Å². The Morgan fingerprint density at radius 1 is 1.14 bits per heavy atom. The minimum Gasteiger partial charge on any atom is -0.457 e. The highest BCUT2D eigenvalue weighted by Crippen LogP contribution is 2.22. The first-order chi connectivity index (χ1) is 17.0. The molecule has 0 spiro atoms. The fraction of sp³-hybridized carbons (Fsp3) is 0.296. The van der Waals surface area contributed by atoms with E-state index in [9.17, 15) is 4.79 Å². The maximum absolute atomic E-state index is 12.1. The van der Waals surface area contributed by atoms with Crippen molar-refractivity contribution in [3.8, 4) is 11.5 Å². The number of carbonyl (C=O) groups excluding carboxylic acids is 1. The largest absolute Gasteiger partial charge is 0.457 e. The highest BCUT2D eigenvalue weighted by Gasteiger charge is 2.18. The maximum Gasteiger partial charge on any atom is 0.315 e. The minimum absolute atomic E-state index is 0.179. The summed E-state index contributed by atoms with van der Waals surface area (Å²) in [5, 5.41) is 17.6. The number of ether oxygens (including phenoxy) is 1. The summed E-state index contributed by atoms with van der Waals surface area (Å²) in [6.45, 7) is 6.12. The fourth-order valence-corrected chi connectivity index (χ4v) is 3.90. The van der Waals surface area contributed by atoms with Crippen LogP contribution in [0.4, 0.5) is 4.79 Å². The van der Waals surface area contributed by atoms with Crippen molar-refractivity contribution in [3.05, 3.63) is 84.2 Å². The third-order valence-electron chi connectivity index (χ3n) is 5.60. The van der Waals surface area contributed by atoms with E-state index in [-0.39, 0.29) is 17.8 Å². The van der Waals surface area contributed by atoms with Crippen molar-refractivity contribution >= 4 is 17.6 Å². The van der Waals surface area contributed by atoms with Gasteiger partial charge in [-0.15, -0.1) is 0 Å². The van der Waals surface area contributed by atoms with Gasteiger partial charge in [-0.05, 0) is 62.4 Å². The average molecular weight is 475 g/mol. The van der Waals surface area contributed by atoms with Gasteiger partial charge >= 0.3 is 6.03 Å². The van der Waals surface area contributed by atoms with Gasteiger partial charge in [0.15, 0.2) is 0 Å². The van der Waals surface area contributed by atoms with E-state index in [1.54, 1.807) is 6.92 Å². The molecule has 0 bridgehead atoms. The van der Waals surface area contributed by atoms with Gasteiger partial charge in [0.2, 0.25) is 0 Å². The molecule has 2 aromatic rings. The summed E-state index contributed by atoms with van der Waals surface area (Å²) in [6, 6.07) is 16.8. The molecule has 1 aliphatic carbocycles. The molecule has 0 heterocycles. The van der Waals surface area contributed by atoms with Gasteiger partial charge in [-0.1, -0.05) is 37.6 Å². The molecule has 0 aliphatic heterocycles. The van der Waals surface area contributed by atoms with Crippen LogP contribution < -0.4 is 26.4 Å². The summed E-state index contributed by atoms with van der Waals surface area (Å²) >= 11 is 0. The zero-order valence-corrected chi connectivity index (χ0v) is 20.1. The summed E-state index contributed by atoms with van der Waals surface area (Å²) in [4.78, 5) is 16.6. The van der Waals surface area contributed by atoms with E-state index >= 15 is 0 Å². The molecule has 6 N–H and O–H groups in total. The second-order valence-electron chi connectivity index (χ2n) is 8.33. The van der Waals surface area contributed by atoms with Gasteiger partial charge in [0.05, 0.1) is 17.8 Å². The molecule has 8 heteroatoms. The molecule has 1 fully saturated rings. The summed E-state index contributed by atoms with van der Waals surface area (Å²) in [6.07, 6.45) is 5.88. The monoisotopic (exact) mass is 474 g/mol. The van der Waals surface area contributed by atoms with Crippen LogP contribution in [0.2, 0.25) is 0 Å². The molecule has 0 aromatic heterocycles. The lowest BCUT2D eigenvalue weighted by atomic mass is 9.99. The van der Waals surface area contributed by atoms with Crippen molar-refractivity contribution in [2.24, 2.45) is 10.7 Å². The van der Waals surface area contributed by atoms with Gasteiger partial charge in [-0.2, -0.15) is 0 Å². The van der Waals surface area contributed by atoms with E-state index in [4.69, 9.17) is 15.9 Å². The van der Waals surface area contributed by atoms with Crippen LogP contribution in [-0.4, -0.2) is 36.7 Å². The topological polar surface area (TPSA) is 125 Å². The highest BCUT2D eigenvalue weighted by molar-refractivity contribution is 6.28. The Labute approximate surface area is 206 Å². The van der Waals surface area contributed by atoms with E-state index in [1.807, 2.05) is 54.6 Å². The van der Waals surface area contributed by atoms with Gasteiger partial charge < -0.3 is 26.4 Å². The first kappa shape index (κ1) is 25.6. The molecule has 0 radical (unpaired) electrons. The number of nitrogens with two attached hydrogens (primary N) is 1. The standard InChI is InChI=1S/C27H34N6O2/c1-3-30-26(31-17-18-32-27(34)33-21-9-7-8-10-21)24(19(2)28)25(29)20-13-15-23(16-14-20)35-22-11-5-4-6-12-22/h3-6,11-16,21,29H,1,7-10,17-18,28H2,2H3,(H,30,31)(H2,32,33,34)/b24-19+,29-25?. The van der Waals surface area contributed by atoms with Gasteiger partial charge in [0.25, 0.3) is 0 Å². The predicted octanol–water partition coefficient (Wildman–Crippen LogP) is 4.45. The molecule has 2 aromatic carbocycles. The molecule has 0 saturated heterocycles. The molecule has 1 saturated carbocycles. The van der Waals surface area contributed by atoms with Crippen LogP contribution in [0.15, 0.2) is 83.6 Å². The molecular formula is C27H34N6O2. The lowest BCUT2D eigenvalue weighted by Crippen LogP contribution is -2.41. The third-order valence-corrected chi connectivity index (χ3v) is 5.60. The van der Waals surface area contributed by atoms with E-state index in [2.05, 4.69) is 27.5 Å². The smallest absolute Gasteiger partial charge is 0.315 e. The Hall–Kier alpha value is -4.07. The van der Waals surface area contributed by atoms with Crippen LogP contribution >= 0.6 is 0 Å². The number of para-hydroxylation sites is 1. The second-order valence-corrected chi connectivity index (χ2v) is 8.33. The maximum atomic E-state index is 12.1. The molecule has 35 heavy (non-hydrogen) atoms. The van der Waals surface area contributed by atoms with Crippen LogP contribution in [0.1, 0.15) is 38.2 Å². The lowest BCUT2D eigenvalue weighted by molar-refractivity contribution is 0.237. The molecular weight excluding hydrogens is 440 g/mol. The summed E-state index contributed by atoms with van der Waals surface area (Å²) in [5.74, 6) is 1.83. The number of hydrogen-bond acceptors (Lipinski definition) is 5. The van der Waals surface area contributed by atoms with Crippen molar-refractivity contribution < 1.29 is 9.53 Å². The van der Waals surface area contributed by atoms with Gasteiger partial charge in [-0.25, -0.2) is 4.79 Å².